The molecular formula is C26H21ClN6O4. The van der Waals surface area contributed by atoms with Gasteiger partial charge in [-0.1, -0.05) is 17.7 Å². The van der Waals surface area contributed by atoms with Crippen LogP contribution in [0.1, 0.15) is 37.8 Å². The van der Waals surface area contributed by atoms with Crippen LogP contribution < -0.4 is 25.8 Å². The SMILES string of the molecule is NCc1ccc(Cl)c(C(=O)Nc2ccc3c(c2)-c2n[nH]c(C(=O)Nc4ccc5c(c4)OCO5)c2CC3)n1. The first-order valence-corrected chi connectivity index (χ1v) is 12.0. The molecule has 0 radical (unpaired) electrons. The van der Waals surface area contributed by atoms with Gasteiger partial charge < -0.3 is 25.8 Å². The summed E-state index contributed by atoms with van der Waals surface area (Å²) in [4.78, 5) is 30.2. The zero-order valence-corrected chi connectivity index (χ0v) is 20.2. The number of hydrogen-bond acceptors (Lipinski definition) is 7. The molecule has 0 spiro atoms. The number of aryl methyl sites for hydroxylation is 1. The minimum atomic E-state index is -0.442. The minimum Gasteiger partial charge on any atom is -0.454 e. The predicted molar refractivity (Wildman–Crippen MR) is 137 cm³/mol. The molecule has 0 unspecified atom stereocenters. The van der Waals surface area contributed by atoms with Gasteiger partial charge in [-0.2, -0.15) is 5.10 Å². The van der Waals surface area contributed by atoms with Gasteiger partial charge in [0.15, 0.2) is 11.5 Å². The summed E-state index contributed by atoms with van der Waals surface area (Å²) in [5.74, 6) is 0.476. The van der Waals surface area contributed by atoms with Gasteiger partial charge in [0.05, 0.1) is 16.4 Å². The van der Waals surface area contributed by atoms with E-state index < -0.39 is 5.91 Å². The van der Waals surface area contributed by atoms with E-state index in [1.165, 1.54) is 0 Å². The van der Waals surface area contributed by atoms with Gasteiger partial charge >= 0.3 is 0 Å². The standard InChI is InChI=1S/C26H21ClN6O4/c27-19-7-4-16(11-28)29-24(19)26(35)30-14-3-1-13-2-6-17-22(18(13)9-14)32-33-23(17)25(34)31-15-5-8-20-21(10-15)37-12-36-20/h1,3-5,7-10H,2,6,11-12,28H2,(H,30,35)(H,31,34)(H,32,33). The lowest BCUT2D eigenvalue weighted by Crippen LogP contribution is -2.17. The first-order chi connectivity index (χ1) is 18.0. The molecule has 2 aromatic heterocycles. The summed E-state index contributed by atoms with van der Waals surface area (Å²) in [6.45, 7) is 0.356. The van der Waals surface area contributed by atoms with Crippen LogP contribution in [0.15, 0.2) is 48.5 Å². The average molecular weight is 517 g/mol. The van der Waals surface area contributed by atoms with Gasteiger partial charge in [-0.3, -0.25) is 14.7 Å². The Morgan fingerprint density at radius 1 is 0.973 bits per heavy atom. The summed E-state index contributed by atoms with van der Waals surface area (Å²) < 4.78 is 10.7. The molecule has 1 aliphatic carbocycles. The van der Waals surface area contributed by atoms with Crippen molar-refractivity contribution in [2.45, 2.75) is 19.4 Å². The Balaban J connectivity index is 1.24. The van der Waals surface area contributed by atoms with E-state index in [-0.39, 0.29) is 30.0 Å². The van der Waals surface area contributed by atoms with Crippen molar-refractivity contribution in [3.05, 3.63) is 81.8 Å². The van der Waals surface area contributed by atoms with Crippen molar-refractivity contribution in [1.29, 1.82) is 0 Å². The number of ether oxygens (including phenoxy) is 2. The molecule has 11 heteroatoms. The number of fused-ring (bicyclic) bond motifs is 4. The number of anilines is 2. The van der Waals surface area contributed by atoms with E-state index in [2.05, 4.69) is 25.8 Å². The van der Waals surface area contributed by atoms with Crippen molar-refractivity contribution >= 4 is 34.8 Å². The molecule has 2 amide bonds. The number of halogens is 1. The van der Waals surface area contributed by atoms with Crippen LogP contribution in [0.5, 0.6) is 11.5 Å². The topological polar surface area (TPSA) is 144 Å². The van der Waals surface area contributed by atoms with E-state index in [0.29, 0.717) is 46.4 Å². The van der Waals surface area contributed by atoms with Crippen LogP contribution >= 0.6 is 11.6 Å². The molecule has 37 heavy (non-hydrogen) atoms. The first kappa shape index (κ1) is 23.0. The van der Waals surface area contributed by atoms with Crippen LogP contribution in [0.25, 0.3) is 11.3 Å². The van der Waals surface area contributed by atoms with Crippen molar-refractivity contribution < 1.29 is 19.1 Å². The fourth-order valence-electron chi connectivity index (χ4n) is 4.49. The van der Waals surface area contributed by atoms with Gasteiger partial charge in [0.25, 0.3) is 11.8 Å². The largest absolute Gasteiger partial charge is 0.454 e. The number of H-pyrrole nitrogens is 1. The zero-order chi connectivity index (χ0) is 25.5. The van der Waals surface area contributed by atoms with Gasteiger partial charge in [0.1, 0.15) is 11.4 Å². The number of hydrogen-bond donors (Lipinski definition) is 4. The van der Waals surface area contributed by atoms with Gasteiger partial charge in [0.2, 0.25) is 6.79 Å². The highest BCUT2D eigenvalue weighted by Gasteiger charge is 2.26. The molecule has 10 nitrogen and oxygen atoms in total. The Hall–Kier alpha value is -4.41. The Morgan fingerprint density at radius 3 is 2.62 bits per heavy atom. The third kappa shape index (κ3) is 4.26. The number of rotatable bonds is 5. The molecule has 1 aliphatic heterocycles. The number of amides is 2. The Bertz CT molecular complexity index is 1570. The Labute approximate surface area is 216 Å². The highest BCUT2D eigenvalue weighted by molar-refractivity contribution is 6.34. The third-order valence-electron chi connectivity index (χ3n) is 6.32. The number of benzene rings is 2. The van der Waals surface area contributed by atoms with Crippen LogP contribution in [0, 0.1) is 0 Å². The second-order valence-electron chi connectivity index (χ2n) is 8.61. The number of nitrogens with zero attached hydrogens (tertiary/aromatic N) is 2. The van der Waals surface area contributed by atoms with E-state index >= 15 is 0 Å². The molecule has 2 aliphatic rings. The molecular weight excluding hydrogens is 496 g/mol. The van der Waals surface area contributed by atoms with Crippen LogP contribution in [0.2, 0.25) is 5.02 Å². The van der Waals surface area contributed by atoms with E-state index in [0.717, 1.165) is 23.1 Å². The second-order valence-corrected chi connectivity index (χ2v) is 9.02. The van der Waals surface area contributed by atoms with Gasteiger partial charge in [-0.15, -0.1) is 0 Å². The maximum atomic E-state index is 13.1. The van der Waals surface area contributed by atoms with E-state index in [4.69, 9.17) is 26.8 Å². The first-order valence-electron chi connectivity index (χ1n) is 11.6. The summed E-state index contributed by atoms with van der Waals surface area (Å²) in [6.07, 6.45) is 1.38. The number of nitrogens with one attached hydrogen (secondary N) is 3. The second kappa shape index (κ2) is 9.23. The van der Waals surface area contributed by atoms with Crippen LogP contribution in [0.3, 0.4) is 0 Å². The average Bonchev–Trinajstić information content (AvgIpc) is 3.56. The molecule has 4 aromatic rings. The number of aromatic nitrogens is 3. The molecule has 3 heterocycles. The number of carbonyl (C=O) groups excluding carboxylic acids is 2. The van der Waals surface area contributed by atoms with Crippen molar-refractivity contribution in [2.75, 3.05) is 17.4 Å². The van der Waals surface area contributed by atoms with Crippen molar-refractivity contribution in [1.82, 2.24) is 15.2 Å². The summed E-state index contributed by atoms with van der Waals surface area (Å²) >= 11 is 6.19. The van der Waals surface area contributed by atoms with Gasteiger partial charge in [-0.25, -0.2) is 4.98 Å². The lowest BCUT2D eigenvalue weighted by Gasteiger charge is -2.17. The van der Waals surface area contributed by atoms with Crippen molar-refractivity contribution in [3.63, 3.8) is 0 Å². The van der Waals surface area contributed by atoms with E-state index in [1.807, 2.05) is 18.2 Å². The smallest absolute Gasteiger partial charge is 0.275 e. The molecule has 186 valence electrons. The summed E-state index contributed by atoms with van der Waals surface area (Å²) in [7, 11) is 0. The number of aromatic amines is 1. The maximum absolute atomic E-state index is 13.1. The quantitative estimate of drug-likeness (QED) is 0.314. The van der Waals surface area contributed by atoms with E-state index in [9.17, 15) is 9.59 Å². The van der Waals surface area contributed by atoms with Gasteiger partial charge in [-0.05, 0) is 54.8 Å². The lowest BCUT2D eigenvalue weighted by molar-refractivity contribution is 0.101. The normalized spacial score (nSPS) is 13.0. The maximum Gasteiger partial charge on any atom is 0.275 e. The molecule has 0 fully saturated rings. The molecule has 0 bridgehead atoms. The number of carbonyl (C=O) groups is 2. The molecule has 0 saturated carbocycles. The van der Waals surface area contributed by atoms with E-state index in [1.54, 1.807) is 30.3 Å². The summed E-state index contributed by atoms with van der Waals surface area (Å²) in [5.41, 5.74) is 11.2. The fraction of sp³-hybridized carbons (Fsp3) is 0.154. The van der Waals surface area contributed by atoms with Crippen molar-refractivity contribution in [3.8, 4) is 22.8 Å². The van der Waals surface area contributed by atoms with Crippen LogP contribution in [-0.4, -0.2) is 33.8 Å². The monoisotopic (exact) mass is 516 g/mol. The Kier molecular flexibility index (Phi) is 5.74. The molecule has 0 atom stereocenters. The molecule has 0 saturated heterocycles. The predicted octanol–water partition coefficient (Wildman–Crippen LogP) is 3.92. The summed E-state index contributed by atoms with van der Waals surface area (Å²) in [6, 6.07) is 14.1. The molecule has 2 aromatic carbocycles. The number of pyridine rings is 1. The Morgan fingerprint density at radius 2 is 1.76 bits per heavy atom. The van der Waals surface area contributed by atoms with Crippen LogP contribution in [-0.2, 0) is 19.4 Å². The van der Waals surface area contributed by atoms with Gasteiger partial charge in [0, 0.05) is 35.1 Å². The fourth-order valence-corrected chi connectivity index (χ4v) is 4.68. The molecule has 6 rings (SSSR count). The third-order valence-corrected chi connectivity index (χ3v) is 6.62. The lowest BCUT2D eigenvalue weighted by atomic mass is 9.88. The van der Waals surface area contributed by atoms with Crippen LogP contribution in [0.4, 0.5) is 11.4 Å². The zero-order valence-electron chi connectivity index (χ0n) is 19.4. The van der Waals surface area contributed by atoms with Crippen molar-refractivity contribution in [2.24, 2.45) is 5.73 Å². The number of nitrogens with two attached hydrogens (primary N) is 1. The highest BCUT2D eigenvalue weighted by atomic mass is 35.5. The summed E-state index contributed by atoms with van der Waals surface area (Å²) in [5, 5.41) is 13.3. The highest BCUT2D eigenvalue weighted by Crippen LogP contribution is 2.37. The minimum absolute atomic E-state index is 0.102. The molecule has 5 N–H and O–H groups in total.